The Balaban J connectivity index is 2.43. The Kier molecular flexibility index (Phi) is 9.37. The van der Waals surface area contributed by atoms with Crippen LogP contribution in [0, 0.1) is 0 Å². The Hall–Kier alpha value is -2.30. The van der Waals surface area contributed by atoms with Gasteiger partial charge in [-0.05, 0) is 29.9 Å². The number of hydrogen-bond acceptors (Lipinski definition) is 2. The van der Waals surface area contributed by atoms with E-state index in [0.29, 0.717) is 18.4 Å². The first kappa shape index (κ1) is 20.7. The molecule has 0 unspecified atom stereocenters. The van der Waals surface area contributed by atoms with Crippen LogP contribution in [0.2, 0.25) is 0 Å². The van der Waals surface area contributed by atoms with Crippen molar-refractivity contribution in [2.75, 3.05) is 33.7 Å². The Morgan fingerprint density at radius 1 is 1.24 bits per heavy atom. The lowest BCUT2D eigenvalue weighted by Crippen LogP contribution is -2.39. The molecule has 0 aliphatic carbocycles. The molecule has 2 N–H and O–H groups in total. The van der Waals surface area contributed by atoms with E-state index in [1.165, 1.54) is 16.0 Å². The molecule has 1 rings (SSSR count). The molecular formula is C20H32N4O. The number of amides is 1. The van der Waals surface area contributed by atoms with Crippen LogP contribution in [0.25, 0.3) is 0 Å². The van der Waals surface area contributed by atoms with E-state index in [-0.39, 0.29) is 12.5 Å². The fraction of sp³-hybridized carbons (Fsp3) is 0.500. The standard InChI is InChI=1S/C20H32N4O/c1-6-13-21-20(23-15-19(25)24(4)5)22-14-7-8-17-9-11-18(12-10-17)16(2)3/h6,9-12,16H,1,7-8,13-15H2,2-5H3,(H2,21,22,23). The number of rotatable bonds is 9. The predicted molar refractivity (Wildman–Crippen MR) is 106 cm³/mol. The summed E-state index contributed by atoms with van der Waals surface area (Å²) in [6.45, 7) is 9.64. The van der Waals surface area contributed by atoms with Gasteiger partial charge < -0.3 is 15.5 Å². The Bertz CT molecular complexity index is 562. The minimum Gasteiger partial charge on any atom is -0.356 e. The molecule has 0 bridgehead atoms. The molecule has 0 aliphatic rings. The van der Waals surface area contributed by atoms with E-state index in [2.05, 4.69) is 60.3 Å². The third-order valence-corrected chi connectivity index (χ3v) is 3.87. The van der Waals surface area contributed by atoms with Crippen molar-refractivity contribution in [1.82, 2.24) is 15.5 Å². The molecule has 25 heavy (non-hydrogen) atoms. The second-order valence-corrected chi connectivity index (χ2v) is 6.55. The van der Waals surface area contributed by atoms with Crippen molar-refractivity contribution in [3.63, 3.8) is 0 Å². The summed E-state index contributed by atoms with van der Waals surface area (Å²) < 4.78 is 0. The van der Waals surface area contributed by atoms with Crippen LogP contribution in [0.1, 0.15) is 37.3 Å². The Morgan fingerprint density at radius 3 is 2.48 bits per heavy atom. The van der Waals surface area contributed by atoms with E-state index >= 15 is 0 Å². The second-order valence-electron chi connectivity index (χ2n) is 6.55. The van der Waals surface area contributed by atoms with Crippen LogP contribution in [0.4, 0.5) is 0 Å². The monoisotopic (exact) mass is 344 g/mol. The molecule has 0 saturated carbocycles. The minimum atomic E-state index is -0.0232. The number of carbonyl (C=O) groups excluding carboxylic acids is 1. The zero-order valence-corrected chi connectivity index (χ0v) is 16.0. The van der Waals surface area contributed by atoms with E-state index in [0.717, 1.165) is 19.4 Å². The number of carbonyl (C=O) groups is 1. The second kappa shape index (κ2) is 11.3. The van der Waals surface area contributed by atoms with Gasteiger partial charge in [0.15, 0.2) is 5.96 Å². The molecule has 5 nitrogen and oxygen atoms in total. The number of aliphatic imine (C=N–C) groups is 1. The first-order valence-corrected chi connectivity index (χ1v) is 8.86. The molecule has 0 heterocycles. The van der Waals surface area contributed by atoms with Crippen LogP contribution in [0.15, 0.2) is 41.9 Å². The highest BCUT2D eigenvalue weighted by Crippen LogP contribution is 2.15. The van der Waals surface area contributed by atoms with Crippen LogP contribution in [-0.4, -0.2) is 50.5 Å². The Labute approximate surface area is 152 Å². The minimum absolute atomic E-state index is 0.0232. The SMILES string of the molecule is C=CCNC(=NCC(=O)N(C)C)NCCCc1ccc(C(C)C)cc1. The van der Waals surface area contributed by atoms with Crippen LogP contribution in [0.3, 0.4) is 0 Å². The van der Waals surface area contributed by atoms with Crippen LogP contribution >= 0.6 is 0 Å². The molecule has 0 saturated heterocycles. The van der Waals surface area contributed by atoms with Gasteiger partial charge in [0.05, 0.1) is 0 Å². The molecule has 0 atom stereocenters. The first-order valence-electron chi connectivity index (χ1n) is 8.86. The summed E-state index contributed by atoms with van der Waals surface area (Å²) in [5.74, 6) is 1.19. The normalized spacial score (nSPS) is 11.3. The zero-order valence-electron chi connectivity index (χ0n) is 16.0. The van der Waals surface area contributed by atoms with Gasteiger partial charge in [-0.15, -0.1) is 6.58 Å². The van der Waals surface area contributed by atoms with E-state index in [1.807, 2.05) is 0 Å². The quantitative estimate of drug-likeness (QED) is 0.313. The third-order valence-electron chi connectivity index (χ3n) is 3.87. The van der Waals surface area contributed by atoms with E-state index in [9.17, 15) is 4.79 Å². The van der Waals surface area contributed by atoms with Gasteiger partial charge in [0, 0.05) is 27.2 Å². The lowest BCUT2D eigenvalue weighted by atomic mass is 10.0. The molecule has 5 heteroatoms. The Morgan fingerprint density at radius 2 is 1.92 bits per heavy atom. The molecule has 0 aliphatic heterocycles. The van der Waals surface area contributed by atoms with E-state index in [1.54, 1.807) is 20.2 Å². The van der Waals surface area contributed by atoms with Crippen molar-refractivity contribution in [2.24, 2.45) is 4.99 Å². The van der Waals surface area contributed by atoms with Crippen molar-refractivity contribution in [2.45, 2.75) is 32.6 Å². The number of benzene rings is 1. The summed E-state index contributed by atoms with van der Waals surface area (Å²) in [6, 6.07) is 8.82. The number of guanidine groups is 1. The summed E-state index contributed by atoms with van der Waals surface area (Å²) in [6.07, 6.45) is 3.77. The topological polar surface area (TPSA) is 56.7 Å². The smallest absolute Gasteiger partial charge is 0.243 e. The van der Waals surface area contributed by atoms with Gasteiger partial charge in [-0.1, -0.05) is 44.2 Å². The summed E-state index contributed by atoms with van der Waals surface area (Å²) in [5.41, 5.74) is 2.71. The van der Waals surface area contributed by atoms with Crippen molar-refractivity contribution in [3.05, 3.63) is 48.0 Å². The zero-order chi connectivity index (χ0) is 18.7. The van der Waals surface area contributed by atoms with Crippen molar-refractivity contribution in [1.29, 1.82) is 0 Å². The molecule has 0 aromatic heterocycles. The summed E-state index contributed by atoms with van der Waals surface area (Å²) in [5, 5.41) is 6.40. The van der Waals surface area contributed by atoms with Gasteiger partial charge in [-0.25, -0.2) is 4.99 Å². The summed E-state index contributed by atoms with van der Waals surface area (Å²) in [4.78, 5) is 17.5. The average Bonchev–Trinajstić information content (AvgIpc) is 2.60. The third kappa shape index (κ3) is 8.38. The maximum atomic E-state index is 11.7. The predicted octanol–water partition coefficient (Wildman–Crippen LogP) is 2.55. The lowest BCUT2D eigenvalue weighted by molar-refractivity contribution is -0.127. The largest absolute Gasteiger partial charge is 0.356 e. The van der Waals surface area contributed by atoms with Crippen molar-refractivity contribution >= 4 is 11.9 Å². The molecular weight excluding hydrogens is 312 g/mol. The number of hydrogen-bond donors (Lipinski definition) is 2. The number of likely N-dealkylation sites (N-methyl/N-ethyl adjacent to an activating group) is 1. The molecule has 1 amide bonds. The molecule has 1 aromatic carbocycles. The average molecular weight is 345 g/mol. The summed E-state index contributed by atoms with van der Waals surface area (Å²) >= 11 is 0. The van der Waals surface area contributed by atoms with Gasteiger partial charge >= 0.3 is 0 Å². The fourth-order valence-electron chi connectivity index (χ4n) is 2.20. The van der Waals surface area contributed by atoms with Crippen LogP contribution in [0.5, 0.6) is 0 Å². The molecule has 0 fully saturated rings. The van der Waals surface area contributed by atoms with E-state index < -0.39 is 0 Å². The molecule has 0 spiro atoms. The van der Waals surface area contributed by atoms with E-state index in [4.69, 9.17) is 0 Å². The van der Waals surface area contributed by atoms with Gasteiger partial charge in [0.25, 0.3) is 0 Å². The highest BCUT2D eigenvalue weighted by Gasteiger charge is 2.04. The number of aryl methyl sites for hydroxylation is 1. The highest BCUT2D eigenvalue weighted by atomic mass is 16.2. The maximum Gasteiger partial charge on any atom is 0.243 e. The number of nitrogens with zero attached hydrogens (tertiary/aromatic N) is 2. The van der Waals surface area contributed by atoms with Crippen LogP contribution < -0.4 is 10.6 Å². The van der Waals surface area contributed by atoms with Crippen molar-refractivity contribution in [3.8, 4) is 0 Å². The van der Waals surface area contributed by atoms with Gasteiger partial charge in [-0.3, -0.25) is 4.79 Å². The molecule has 0 radical (unpaired) electrons. The highest BCUT2D eigenvalue weighted by molar-refractivity contribution is 5.84. The first-order chi connectivity index (χ1) is 11.9. The van der Waals surface area contributed by atoms with Gasteiger partial charge in [-0.2, -0.15) is 0 Å². The molecule has 1 aromatic rings. The molecule has 138 valence electrons. The van der Waals surface area contributed by atoms with Crippen molar-refractivity contribution < 1.29 is 4.79 Å². The number of nitrogens with one attached hydrogen (secondary N) is 2. The van der Waals surface area contributed by atoms with Gasteiger partial charge in [0.2, 0.25) is 5.91 Å². The lowest BCUT2D eigenvalue weighted by Gasteiger charge is -2.13. The van der Waals surface area contributed by atoms with Crippen LogP contribution in [-0.2, 0) is 11.2 Å². The maximum absolute atomic E-state index is 11.7. The van der Waals surface area contributed by atoms with Gasteiger partial charge in [0.1, 0.15) is 6.54 Å². The summed E-state index contributed by atoms with van der Waals surface area (Å²) in [7, 11) is 3.46. The fourth-order valence-corrected chi connectivity index (χ4v) is 2.20.